The molecule has 1 aliphatic rings. The summed E-state index contributed by atoms with van der Waals surface area (Å²) in [6.07, 6.45) is 0. The average molecular weight is 216 g/mol. The maximum Gasteiger partial charge on any atom is 0.128 e. The van der Waals surface area contributed by atoms with Crippen molar-refractivity contribution in [3.05, 3.63) is 34.7 Å². The van der Waals surface area contributed by atoms with Crippen LogP contribution in [0.4, 0.5) is 0 Å². The minimum Gasteiger partial charge on any atom is -0.368 e. The van der Waals surface area contributed by atoms with Gasteiger partial charge in [0, 0.05) is 21.7 Å². The van der Waals surface area contributed by atoms with Gasteiger partial charge in [0.2, 0.25) is 0 Å². The molecule has 1 N–H and O–H groups in total. The van der Waals surface area contributed by atoms with Crippen molar-refractivity contribution >= 4 is 27.3 Å². The molecule has 0 atom stereocenters. The number of amidine groups is 1. The van der Waals surface area contributed by atoms with Gasteiger partial charge in [0.15, 0.2) is 0 Å². The molecule has 0 spiro atoms. The van der Waals surface area contributed by atoms with Crippen molar-refractivity contribution in [1.82, 2.24) is 5.32 Å². The molecule has 2 aromatic rings. The first-order valence-corrected chi connectivity index (χ1v) is 5.93. The molecule has 2 nitrogen and oxygen atoms in total. The smallest absolute Gasteiger partial charge is 0.128 e. The molecular weight excluding hydrogens is 204 g/mol. The summed E-state index contributed by atoms with van der Waals surface area (Å²) in [5, 5.41) is 4.62. The Morgan fingerprint density at radius 3 is 3.07 bits per heavy atom. The molecule has 0 unspecified atom stereocenters. The van der Waals surface area contributed by atoms with Crippen LogP contribution in [0.1, 0.15) is 10.4 Å². The average Bonchev–Trinajstić information content (AvgIpc) is 2.82. The Labute approximate surface area is 92.7 Å². The second-order valence-corrected chi connectivity index (χ2v) is 5.05. The molecule has 15 heavy (non-hydrogen) atoms. The zero-order valence-electron chi connectivity index (χ0n) is 8.58. The van der Waals surface area contributed by atoms with Crippen molar-refractivity contribution in [2.75, 3.05) is 13.1 Å². The van der Waals surface area contributed by atoms with Gasteiger partial charge in [0.25, 0.3) is 0 Å². The summed E-state index contributed by atoms with van der Waals surface area (Å²) in [6.45, 7) is 4.02. The molecule has 2 heterocycles. The highest BCUT2D eigenvalue weighted by molar-refractivity contribution is 7.19. The molecule has 3 heteroatoms. The highest BCUT2D eigenvalue weighted by Gasteiger charge is 2.08. The summed E-state index contributed by atoms with van der Waals surface area (Å²) >= 11 is 1.84. The van der Waals surface area contributed by atoms with E-state index >= 15 is 0 Å². The first-order valence-electron chi connectivity index (χ1n) is 5.12. The van der Waals surface area contributed by atoms with Gasteiger partial charge < -0.3 is 5.32 Å². The summed E-state index contributed by atoms with van der Waals surface area (Å²) in [5.74, 6) is 1.04. The van der Waals surface area contributed by atoms with Gasteiger partial charge in [-0.2, -0.15) is 0 Å². The van der Waals surface area contributed by atoms with Gasteiger partial charge in [0.1, 0.15) is 5.84 Å². The fraction of sp³-hybridized carbons (Fsp3) is 0.250. The first-order chi connectivity index (χ1) is 7.33. The standard InChI is InChI=1S/C12H12N2S/c1-8-6-10-7-9(2-3-11(10)15-8)12-13-4-5-14-12/h2-3,6-7H,4-5H2,1H3,(H,13,14). The Morgan fingerprint density at radius 2 is 2.27 bits per heavy atom. The number of rotatable bonds is 1. The minimum absolute atomic E-state index is 0.899. The van der Waals surface area contributed by atoms with E-state index in [9.17, 15) is 0 Å². The number of aliphatic imine (C=N–C) groups is 1. The largest absolute Gasteiger partial charge is 0.368 e. The fourth-order valence-corrected chi connectivity index (χ4v) is 2.82. The van der Waals surface area contributed by atoms with E-state index in [-0.39, 0.29) is 0 Å². The van der Waals surface area contributed by atoms with E-state index in [0.29, 0.717) is 0 Å². The van der Waals surface area contributed by atoms with Crippen molar-refractivity contribution in [3.8, 4) is 0 Å². The van der Waals surface area contributed by atoms with E-state index in [1.807, 2.05) is 11.3 Å². The quantitative estimate of drug-likeness (QED) is 0.778. The van der Waals surface area contributed by atoms with Crippen LogP contribution in [0.3, 0.4) is 0 Å². The van der Waals surface area contributed by atoms with E-state index in [1.54, 1.807) is 0 Å². The highest BCUT2D eigenvalue weighted by Crippen LogP contribution is 2.25. The van der Waals surface area contributed by atoms with Crippen LogP contribution in [-0.2, 0) is 0 Å². The van der Waals surface area contributed by atoms with Gasteiger partial charge in [-0.3, -0.25) is 4.99 Å². The van der Waals surface area contributed by atoms with E-state index in [1.165, 1.54) is 20.5 Å². The molecule has 0 fully saturated rings. The molecule has 0 aliphatic carbocycles. The van der Waals surface area contributed by atoms with E-state index in [0.717, 1.165) is 18.9 Å². The number of benzene rings is 1. The van der Waals surface area contributed by atoms with Gasteiger partial charge in [-0.05, 0) is 36.6 Å². The zero-order valence-corrected chi connectivity index (χ0v) is 9.40. The molecule has 1 aromatic heterocycles. The Kier molecular flexibility index (Phi) is 1.99. The minimum atomic E-state index is 0.899. The zero-order chi connectivity index (χ0) is 10.3. The van der Waals surface area contributed by atoms with Crippen molar-refractivity contribution in [1.29, 1.82) is 0 Å². The van der Waals surface area contributed by atoms with Crippen LogP contribution in [0.25, 0.3) is 10.1 Å². The van der Waals surface area contributed by atoms with E-state index in [4.69, 9.17) is 0 Å². The van der Waals surface area contributed by atoms with Crippen LogP contribution in [0, 0.1) is 6.92 Å². The number of nitrogens with one attached hydrogen (secondary N) is 1. The van der Waals surface area contributed by atoms with Crippen molar-refractivity contribution in [3.63, 3.8) is 0 Å². The predicted octanol–water partition coefficient (Wildman–Crippen LogP) is 2.56. The lowest BCUT2D eigenvalue weighted by molar-refractivity contribution is 0.960. The third-order valence-corrected chi connectivity index (χ3v) is 3.62. The molecule has 1 aromatic carbocycles. The van der Waals surface area contributed by atoms with Crippen LogP contribution >= 0.6 is 11.3 Å². The summed E-state index contributed by atoms with van der Waals surface area (Å²) in [5.41, 5.74) is 1.21. The Bertz CT molecular complexity index is 540. The van der Waals surface area contributed by atoms with Crippen molar-refractivity contribution < 1.29 is 0 Å². The van der Waals surface area contributed by atoms with Gasteiger partial charge in [0.05, 0.1) is 6.54 Å². The predicted molar refractivity (Wildman–Crippen MR) is 66.0 cm³/mol. The highest BCUT2D eigenvalue weighted by atomic mass is 32.1. The molecule has 0 amide bonds. The molecule has 0 bridgehead atoms. The second-order valence-electron chi connectivity index (χ2n) is 3.77. The van der Waals surface area contributed by atoms with Gasteiger partial charge in [-0.1, -0.05) is 0 Å². The van der Waals surface area contributed by atoms with Gasteiger partial charge in [-0.25, -0.2) is 0 Å². The number of nitrogens with zero attached hydrogens (tertiary/aromatic N) is 1. The fourth-order valence-electron chi connectivity index (χ4n) is 1.91. The topological polar surface area (TPSA) is 24.4 Å². The molecular formula is C12H12N2S. The third-order valence-electron chi connectivity index (χ3n) is 2.59. The van der Waals surface area contributed by atoms with Crippen molar-refractivity contribution in [2.24, 2.45) is 4.99 Å². The monoisotopic (exact) mass is 216 g/mol. The number of aryl methyl sites for hydroxylation is 1. The third kappa shape index (κ3) is 1.53. The van der Waals surface area contributed by atoms with Crippen LogP contribution < -0.4 is 5.32 Å². The van der Waals surface area contributed by atoms with Crippen LogP contribution in [0.2, 0.25) is 0 Å². The second kappa shape index (κ2) is 3.35. The van der Waals surface area contributed by atoms with Gasteiger partial charge in [-0.15, -0.1) is 11.3 Å². The summed E-state index contributed by atoms with van der Waals surface area (Å²) < 4.78 is 1.36. The van der Waals surface area contributed by atoms with E-state index < -0.39 is 0 Å². The Morgan fingerprint density at radius 1 is 1.33 bits per heavy atom. The lowest BCUT2D eigenvalue weighted by Crippen LogP contribution is -2.19. The van der Waals surface area contributed by atoms with Crippen LogP contribution in [0.15, 0.2) is 29.3 Å². The summed E-state index contributed by atoms with van der Waals surface area (Å²) in [7, 11) is 0. The SMILES string of the molecule is Cc1cc2cc(C3=NCCN3)ccc2s1. The summed E-state index contributed by atoms with van der Waals surface area (Å²) in [4.78, 5) is 5.79. The lowest BCUT2D eigenvalue weighted by Gasteiger charge is -2.01. The number of fused-ring (bicyclic) bond motifs is 1. The van der Waals surface area contributed by atoms with Crippen LogP contribution in [-0.4, -0.2) is 18.9 Å². The maximum absolute atomic E-state index is 4.43. The first kappa shape index (κ1) is 8.92. The molecule has 1 aliphatic heterocycles. The lowest BCUT2D eigenvalue weighted by atomic mass is 10.1. The van der Waals surface area contributed by atoms with Crippen LogP contribution in [0.5, 0.6) is 0 Å². The van der Waals surface area contributed by atoms with E-state index in [2.05, 4.69) is 41.5 Å². The van der Waals surface area contributed by atoms with Gasteiger partial charge >= 0.3 is 0 Å². The molecule has 0 radical (unpaired) electrons. The number of thiophene rings is 1. The normalized spacial score (nSPS) is 15.4. The number of hydrogen-bond donors (Lipinski definition) is 1. The molecule has 0 saturated heterocycles. The summed E-state index contributed by atoms with van der Waals surface area (Å²) in [6, 6.07) is 8.79. The Hall–Kier alpha value is -1.35. The van der Waals surface area contributed by atoms with Crippen molar-refractivity contribution in [2.45, 2.75) is 6.92 Å². The molecule has 3 rings (SSSR count). The number of hydrogen-bond acceptors (Lipinski definition) is 3. The Balaban J connectivity index is 2.12. The maximum atomic E-state index is 4.43. The molecule has 76 valence electrons. The molecule has 0 saturated carbocycles.